The number of hydrogen-bond donors (Lipinski definition) is 5. The summed E-state index contributed by atoms with van der Waals surface area (Å²) >= 11 is 0. The number of furan rings is 1. The fraction of sp³-hybridized carbons (Fsp3) is 0.296. The van der Waals surface area contributed by atoms with Crippen LogP contribution in [0.2, 0.25) is 0 Å². The first-order chi connectivity index (χ1) is 20.0. The van der Waals surface area contributed by atoms with Gasteiger partial charge in [-0.15, -0.1) is 0 Å². The molecule has 0 aliphatic carbocycles. The van der Waals surface area contributed by atoms with Crippen molar-refractivity contribution < 1.29 is 41.5 Å². The van der Waals surface area contributed by atoms with E-state index in [-0.39, 0.29) is 17.5 Å². The number of anilines is 1. The van der Waals surface area contributed by atoms with Crippen molar-refractivity contribution in [1.29, 1.82) is 0 Å². The van der Waals surface area contributed by atoms with Crippen LogP contribution >= 0.6 is 0 Å². The molecule has 0 unspecified atom stereocenters. The molecule has 3 aromatic heterocycles. The number of benzene rings is 1. The van der Waals surface area contributed by atoms with Crippen LogP contribution in [0, 0.1) is 0 Å². The van der Waals surface area contributed by atoms with Crippen LogP contribution in [0.3, 0.4) is 0 Å². The number of oxazole rings is 1. The van der Waals surface area contributed by atoms with Gasteiger partial charge in [-0.3, -0.25) is 14.6 Å². The molecular weight excluding hydrogens is 561 g/mol. The van der Waals surface area contributed by atoms with Gasteiger partial charge in [0.05, 0.1) is 36.0 Å². The molecule has 15 heteroatoms. The van der Waals surface area contributed by atoms with Crippen LogP contribution in [0.4, 0.5) is 18.9 Å². The first-order valence-electron chi connectivity index (χ1n) is 12.7. The molecule has 4 aromatic rings. The maximum atomic E-state index is 12.8. The smallest absolute Gasteiger partial charge is 0.475 e. The van der Waals surface area contributed by atoms with Crippen LogP contribution in [0.15, 0.2) is 70.2 Å². The van der Waals surface area contributed by atoms with Crippen LogP contribution in [0.1, 0.15) is 47.2 Å². The highest BCUT2D eigenvalue weighted by molar-refractivity contribution is 6.03. The Labute approximate surface area is 237 Å². The first kappa shape index (κ1) is 31.8. The molecule has 0 saturated carbocycles. The Morgan fingerprint density at radius 1 is 1.10 bits per heavy atom. The van der Waals surface area contributed by atoms with Gasteiger partial charge in [-0.25, -0.2) is 9.78 Å². The Kier molecular flexibility index (Phi) is 11.2. The van der Waals surface area contributed by atoms with Crippen molar-refractivity contribution in [2.24, 2.45) is 11.5 Å². The molecule has 0 bridgehead atoms. The van der Waals surface area contributed by atoms with Crippen molar-refractivity contribution in [3.05, 3.63) is 78.5 Å². The molecule has 7 N–H and O–H groups in total. The van der Waals surface area contributed by atoms with E-state index in [0.717, 1.165) is 16.5 Å². The number of hydrogen-bond acceptors (Lipinski definition) is 9. The second-order valence-corrected chi connectivity index (χ2v) is 9.01. The normalized spacial score (nSPS) is 12.6. The number of aryl methyl sites for hydroxylation is 1. The van der Waals surface area contributed by atoms with E-state index in [4.69, 9.17) is 30.2 Å². The van der Waals surface area contributed by atoms with Crippen LogP contribution in [0.5, 0.6) is 0 Å². The Balaban J connectivity index is 0.000000616. The summed E-state index contributed by atoms with van der Waals surface area (Å²) in [6.07, 6.45) is 3.18. The van der Waals surface area contributed by atoms with Crippen LogP contribution in [-0.2, 0) is 16.0 Å². The molecule has 0 fully saturated rings. The zero-order valence-corrected chi connectivity index (χ0v) is 22.1. The predicted molar refractivity (Wildman–Crippen MR) is 144 cm³/mol. The summed E-state index contributed by atoms with van der Waals surface area (Å²) in [6.45, 7) is 0.454. The summed E-state index contributed by atoms with van der Waals surface area (Å²) < 4.78 is 42.5. The number of carboxylic acids is 1. The van der Waals surface area contributed by atoms with Gasteiger partial charge in [0.1, 0.15) is 12.3 Å². The first-order valence-corrected chi connectivity index (χ1v) is 12.7. The lowest BCUT2D eigenvalue weighted by Gasteiger charge is -2.18. The molecule has 2 atom stereocenters. The van der Waals surface area contributed by atoms with Crippen molar-refractivity contribution in [2.75, 3.05) is 11.9 Å². The molecule has 0 saturated heterocycles. The second kappa shape index (κ2) is 14.7. The summed E-state index contributed by atoms with van der Waals surface area (Å²) in [6, 6.07) is 10.0. The van der Waals surface area contributed by atoms with Gasteiger partial charge in [0.15, 0.2) is 5.69 Å². The average Bonchev–Trinajstić information content (AvgIpc) is 3.66. The minimum atomic E-state index is -5.08. The number of alkyl halides is 3. The third kappa shape index (κ3) is 9.42. The van der Waals surface area contributed by atoms with E-state index >= 15 is 0 Å². The van der Waals surface area contributed by atoms with Crippen molar-refractivity contribution in [3.63, 3.8) is 0 Å². The number of para-hydroxylation sites is 1. The summed E-state index contributed by atoms with van der Waals surface area (Å²) in [5.41, 5.74) is 13.9. The van der Waals surface area contributed by atoms with Crippen molar-refractivity contribution in [2.45, 2.75) is 43.9 Å². The van der Waals surface area contributed by atoms with Gasteiger partial charge in [-0.2, -0.15) is 13.2 Å². The third-order valence-corrected chi connectivity index (χ3v) is 5.82. The number of carboxylic acid groups (broad SMARTS) is 1. The fourth-order valence-corrected chi connectivity index (χ4v) is 3.64. The molecular formula is C27H29F3N6O6. The average molecular weight is 591 g/mol. The maximum absolute atomic E-state index is 12.8. The Morgan fingerprint density at radius 2 is 1.83 bits per heavy atom. The number of carbonyl (C=O) groups excluding carboxylic acids is 2. The minimum absolute atomic E-state index is 0.0862. The van der Waals surface area contributed by atoms with Gasteiger partial charge in [-0.05, 0) is 56.0 Å². The van der Waals surface area contributed by atoms with Crippen LogP contribution in [0.25, 0.3) is 10.9 Å². The predicted octanol–water partition coefficient (Wildman–Crippen LogP) is 3.56. The van der Waals surface area contributed by atoms with Crippen molar-refractivity contribution in [3.8, 4) is 0 Å². The molecule has 0 radical (unpaired) electrons. The summed E-state index contributed by atoms with van der Waals surface area (Å²) in [5, 5.41) is 13.7. The molecule has 0 aliphatic heterocycles. The summed E-state index contributed by atoms with van der Waals surface area (Å²) in [5.74, 6) is -3.32. The molecule has 0 spiro atoms. The SMILES string of the molecule is NCCC[C@@H](N)C(=O)N[C@H](CCc1ccoc1)c1nc(C(=O)Nc2cnc3ccccc3c2)co1.O=C(O)C(F)(F)F. The quantitative estimate of drug-likeness (QED) is 0.172. The van der Waals surface area contributed by atoms with Gasteiger partial charge < -0.3 is 36.0 Å². The number of rotatable bonds is 11. The monoisotopic (exact) mass is 590 g/mol. The number of pyridine rings is 1. The molecule has 2 amide bonds. The van der Waals surface area contributed by atoms with Gasteiger partial charge in [0.25, 0.3) is 5.91 Å². The summed E-state index contributed by atoms with van der Waals surface area (Å²) in [7, 11) is 0. The molecule has 12 nitrogen and oxygen atoms in total. The summed E-state index contributed by atoms with van der Waals surface area (Å²) in [4.78, 5) is 43.0. The zero-order chi connectivity index (χ0) is 30.7. The standard InChI is InChI=1S/C25H28N6O4.C2HF3O2/c26-10-3-5-19(27)23(32)30-21(8-7-16-9-11-34-14-16)25-31-22(15-35-25)24(33)29-18-12-17-4-1-2-6-20(17)28-13-18;3-2(4,5)1(6)7/h1-2,4,6,9,11-15,19,21H,3,5,7-8,10,26-27H2,(H,29,33)(H,30,32);(H,6,7)/t19-,21-;/m1./s1. The second-order valence-electron chi connectivity index (χ2n) is 9.01. The number of halogens is 3. The Bertz CT molecular complexity index is 1470. The zero-order valence-electron chi connectivity index (χ0n) is 22.1. The molecule has 42 heavy (non-hydrogen) atoms. The minimum Gasteiger partial charge on any atom is -0.475 e. The van der Waals surface area contributed by atoms with E-state index in [1.54, 1.807) is 18.7 Å². The van der Waals surface area contributed by atoms with Gasteiger partial charge in [0.2, 0.25) is 11.8 Å². The highest BCUT2D eigenvalue weighted by atomic mass is 19.4. The largest absolute Gasteiger partial charge is 0.490 e. The van der Waals surface area contributed by atoms with Gasteiger partial charge in [0, 0.05) is 5.39 Å². The molecule has 4 rings (SSSR count). The van der Waals surface area contributed by atoms with Gasteiger partial charge >= 0.3 is 12.1 Å². The van der Waals surface area contributed by atoms with Crippen LogP contribution < -0.4 is 22.1 Å². The molecule has 1 aromatic carbocycles. The number of nitrogens with two attached hydrogens (primary N) is 2. The Hall–Kier alpha value is -4.76. The topological polar surface area (TPSA) is 200 Å². The van der Waals surface area contributed by atoms with E-state index < -0.39 is 30.1 Å². The van der Waals surface area contributed by atoms with Crippen LogP contribution in [-0.4, -0.2) is 51.6 Å². The number of aromatic nitrogens is 2. The number of amides is 2. The van der Waals surface area contributed by atoms with E-state index in [2.05, 4.69) is 20.6 Å². The molecule has 224 valence electrons. The van der Waals surface area contributed by atoms with E-state index in [1.165, 1.54) is 6.26 Å². The highest BCUT2D eigenvalue weighted by Crippen LogP contribution is 2.21. The van der Waals surface area contributed by atoms with Gasteiger partial charge in [-0.1, -0.05) is 18.2 Å². The Morgan fingerprint density at radius 3 is 2.50 bits per heavy atom. The third-order valence-electron chi connectivity index (χ3n) is 5.82. The van der Waals surface area contributed by atoms with E-state index in [1.807, 2.05) is 36.4 Å². The lowest BCUT2D eigenvalue weighted by molar-refractivity contribution is -0.192. The fourth-order valence-electron chi connectivity index (χ4n) is 3.64. The molecule has 0 aliphatic rings. The lowest BCUT2D eigenvalue weighted by Crippen LogP contribution is -2.42. The van der Waals surface area contributed by atoms with E-state index in [9.17, 15) is 22.8 Å². The number of nitrogens with one attached hydrogen (secondary N) is 2. The number of fused-ring (bicyclic) bond motifs is 1. The maximum Gasteiger partial charge on any atom is 0.490 e. The highest BCUT2D eigenvalue weighted by Gasteiger charge is 2.38. The van der Waals surface area contributed by atoms with E-state index in [0.29, 0.717) is 37.9 Å². The van der Waals surface area contributed by atoms with Crippen molar-refractivity contribution in [1.82, 2.24) is 15.3 Å². The molecule has 3 heterocycles. The lowest BCUT2D eigenvalue weighted by atomic mass is 10.1. The van der Waals surface area contributed by atoms with Crippen molar-refractivity contribution >= 4 is 34.4 Å². The number of nitrogens with zero attached hydrogens (tertiary/aromatic N) is 2. The number of aliphatic carboxylic acids is 1. The number of carbonyl (C=O) groups is 3.